The second-order valence-electron chi connectivity index (χ2n) is 4.43. The molecule has 2 unspecified atom stereocenters. The summed E-state index contributed by atoms with van der Waals surface area (Å²) in [6, 6.07) is 0. The summed E-state index contributed by atoms with van der Waals surface area (Å²) >= 11 is 0. The van der Waals surface area contributed by atoms with Crippen LogP contribution in [0.4, 0.5) is 0 Å². The Morgan fingerprint density at radius 1 is 1.36 bits per heavy atom. The quantitative estimate of drug-likeness (QED) is 0.617. The molecule has 2 aliphatic rings. The summed E-state index contributed by atoms with van der Waals surface area (Å²) in [6.45, 7) is 3.22. The third kappa shape index (κ3) is 0.921. The van der Waals surface area contributed by atoms with E-state index in [9.17, 15) is 14.4 Å². The van der Waals surface area contributed by atoms with E-state index >= 15 is 0 Å². The van der Waals surface area contributed by atoms with Crippen molar-refractivity contribution in [2.45, 2.75) is 13.8 Å². The molecule has 2 fully saturated rings. The smallest absolute Gasteiger partial charge is 0.323 e. The Morgan fingerprint density at radius 3 is 2.14 bits per heavy atom. The van der Waals surface area contributed by atoms with E-state index in [1.165, 1.54) is 0 Å². The zero-order valence-corrected chi connectivity index (χ0v) is 7.98. The van der Waals surface area contributed by atoms with Crippen molar-refractivity contribution in [3.8, 4) is 0 Å². The lowest BCUT2D eigenvalue weighted by atomic mass is 10.1. The molecule has 5 heteroatoms. The summed E-state index contributed by atoms with van der Waals surface area (Å²) in [5.41, 5.74) is -0.261. The Morgan fingerprint density at radius 2 is 1.79 bits per heavy atom. The topological polar surface area (TPSA) is 74.7 Å². The highest BCUT2D eigenvalue weighted by atomic mass is 16.4. The van der Waals surface area contributed by atoms with E-state index in [0.717, 1.165) is 4.90 Å². The van der Waals surface area contributed by atoms with Gasteiger partial charge in [0.25, 0.3) is 0 Å². The Balaban J connectivity index is 2.18. The minimum Gasteiger partial charge on any atom is -0.480 e. The third-order valence-electron chi connectivity index (χ3n) is 3.18. The van der Waals surface area contributed by atoms with Crippen LogP contribution in [0.3, 0.4) is 0 Å². The van der Waals surface area contributed by atoms with Gasteiger partial charge in [-0.15, -0.1) is 0 Å². The van der Waals surface area contributed by atoms with Crippen molar-refractivity contribution >= 4 is 17.8 Å². The van der Waals surface area contributed by atoms with Gasteiger partial charge in [-0.25, -0.2) is 0 Å². The predicted molar refractivity (Wildman–Crippen MR) is 45.1 cm³/mol. The van der Waals surface area contributed by atoms with Crippen molar-refractivity contribution < 1.29 is 19.5 Å². The van der Waals surface area contributed by atoms with Crippen LogP contribution in [0.25, 0.3) is 0 Å². The largest absolute Gasteiger partial charge is 0.480 e. The number of carbonyl (C=O) groups excluding carboxylic acids is 2. The molecule has 76 valence electrons. The van der Waals surface area contributed by atoms with Crippen LogP contribution in [-0.4, -0.2) is 34.3 Å². The van der Waals surface area contributed by atoms with Gasteiger partial charge in [0.2, 0.25) is 11.8 Å². The number of hydrogen-bond donors (Lipinski definition) is 1. The predicted octanol–water partition coefficient (Wildman–Crippen LogP) is -0.288. The minimum absolute atomic E-state index is 0.261. The summed E-state index contributed by atoms with van der Waals surface area (Å²) in [7, 11) is 0. The number of nitrogens with zero attached hydrogens (tertiary/aromatic N) is 1. The number of piperidine rings is 1. The number of amides is 2. The number of carboxylic acid groups (broad SMARTS) is 1. The van der Waals surface area contributed by atoms with Crippen molar-refractivity contribution in [2.75, 3.05) is 6.54 Å². The highest BCUT2D eigenvalue weighted by molar-refractivity contribution is 6.11. The number of aliphatic carboxylic acids is 1. The molecule has 1 saturated carbocycles. The van der Waals surface area contributed by atoms with Crippen molar-refractivity contribution in [1.82, 2.24) is 4.90 Å². The molecular formula is C9H11NO4. The van der Waals surface area contributed by atoms with Gasteiger partial charge in [-0.2, -0.15) is 0 Å². The summed E-state index contributed by atoms with van der Waals surface area (Å²) in [5.74, 6) is -2.37. The van der Waals surface area contributed by atoms with Gasteiger partial charge in [0, 0.05) is 0 Å². The van der Waals surface area contributed by atoms with E-state index in [1.54, 1.807) is 0 Å². The van der Waals surface area contributed by atoms with E-state index in [2.05, 4.69) is 0 Å². The summed E-state index contributed by atoms with van der Waals surface area (Å²) in [4.78, 5) is 34.3. The van der Waals surface area contributed by atoms with E-state index in [0.29, 0.717) is 0 Å². The minimum atomic E-state index is -1.15. The maximum Gasteiger partial charge on any atom is 0.323 e. The highest BCUT2D eigenvalue weighted by Crippen LogP contribution is 2.63. The summed E-state index contributed by atoms with van der Waals surface area (Å²) in [5, 5.41) is 8.49. The Hall–Kier alpha value is -1.39. The van der Waals surface area contributed by atoms with Gasteiger partial charge in [-0.3, -0.25) is 19.3 Å². The van der Waals surface area contributed by atoms with Crippen LogP contribution >= 0.6 is 0 Å². The molecule has 5 nitrogen and oxygen atoms in total. The second-order valence-corrected chi connectivity index (χ2v) is 4.43. The third-order valence-corrected chi connectivity index (χ3v) is 3.18. The number of hydrogen-bond acceptors (Lipinski definition) is 3. The van der Waals surface area contributed by atoms with Crippen molar-refractivity contribution in [3.05, 3.63) is 0 Å². The first-order valence-electron chi connectivity index (χ1n) is 4.44. The standard InChI is InChI=1S/C9H11NO4/c1-9(2)5-6(9)8(14)10(7(5)13)3-4(11)12/h5-6H,3H2,1-2H3,(H,11,12). The summed E-state index contributed by atoms with van der Waals surface area (Å²) in [6.07, 6.45) is 0. The van der Waals surface area contributed by atoms with Gasteiger partial charge in [-0.1, -0.05) is 13.8 Å². The van der Waals surface area contributed by atoms with Crippen LogP contribution in [-0.2, 0) is 14.4 Å². The Kier molecular flexibility index (Phi) is 1.54. The number of fused-ring (bicyclic) bond motifs is 1. The zero-order valence-electron chi connectivity index (χ0n) is 7.98. The molecule has 0 spiro atoms. The van der Waals surface area contributed by atoms with E-state index in [1.807, 2.05) is 13.8 Å². The first-order valence-corrected chi connectivity index (χ1v) is 4.44. The van der Waals surface area contributed by atoms with Gasteiger partial charge in [0.05, 0.1) is 11.8 Å². The van der Waals surface area contributed by atoms with Crippen molar-refractivity contribution in [3.63, 3.8) is 0 Å². The fourth-order valence-electron chi connectivity index (χ4n) is 2.30. The van der Waals surface area contributed by atoms with Crippen LogP contribution in [0.1, 0.15) is 13.8 Å². The van der Waals surface area contributed by atoms with Crippen molar-refractivity contribution in [1.29, 1.82) is 0 Å². The van der Waals surface area contributed by atoms with E-state index in [-0.39, 0.29) is 29.1 Å². The average Bonchev–Trinajstić information content (AvgIpc) is 2.51. The normalized spacial score (nSPS) is 33.1. The van der Waals surface area contributed by atoms with Crippen LogP contribution in [0.15, 0.2) is 0 Å². The van der Waals surface area contributed by atoms with Crippen LogP contribution in [0, 0.1) is 17.3 Å². The maximum absolute atomic E-state index is 11.6. The highest BCUT2D eigenvalue weighted by Gasteiger charge is 2.72. The molecular weight excluding hydrogens is 186 g/mol. The molecule has 1 heterocycles. The molecule has 1 aliphatic heterocycles. The number of likely N-dealkylation sites (tertiary alicyclic amines) is 1. The molecule has 1 N–H and O–H groups in total. The Bertz CT molecular complexity index is 323. The first-order chi connectivity index (χ1) is 6.37. The number of carbonyl (C=O) groups is 3. The van der Waals surface area contributed by atoms with Crippen LogP contribution in [0.2, 0.25) is 0 Å². The van der Waals surface area contributed by atoms with E-state index in [4.69, 9.17) is 5.11 Å². The van der Waals surface area contributed by atoms with Gasteiger partial charge in [0.1, 0.15) is 6.54 Å². The van der Waals surface area contributed by atoms with Gasteiger partial charge in [0.15, 0.2) is 0 Å². The average molecular weight is 197 g/mol. The lowest BCUT2D eigenvalue weighted by molar-refractivity contribution is -0.151. The molecule has 14 heavy (non-hydrogen) atoms. The monoisotopic (exact) mass is 197 g/mol. The van der Waals surface area contributed by atoms with Gasteiger partial charge in [-0.05, 0) is 5.41 Å². The molecule has 0 aromatic rings. The van der Waals surface area contributed by atoms with Gasteiger partial charge >= 0.3 is 5.97 Å². The lowest BCUT2D eigenvalue weighted by Gasteiger charge is -2.17. The molecule has 2 atom stereocenters. The van der Waals surface area contributed by atoms with E-state index < -0.39 is 12.5 Å². The molecule has 0 radical (unpaired) electrons. The molecule has 1 aliphatic carbocycles. The molecule has 0 bridgehead atoms. The SMILES string of the molecule is CC1(C)C2C(=O)N(CC(=O)O)C(=O)C21. The molecule has 2 amide bonds. The van der Waals surface area contributed by atoms with Crippen molar-refractivity contribution in [2.24, 2.45) is 17.3 Å². The summed E-state index contributed by atoms with van der Waals surface area (Å²) < 4.78 is 0. The second kappa shape index (κ2) is 2.34. The Labute approximate surface area is 80.7 Å². The maximum atomic E-state index is 11.6. The van der Waals surface area contributed by atoms with Gasteiger partial charge < -0.3 is 5.11 Å². The molecule has 1 saturated heterocycles. The molecule has 2 rings (SSSR count). The number of rotatable bonds is 2. The number of carboxylic acids is 1. The lowest BCUT2D eigenvalue weighted by Crippen LogP contribution is -2.39. The fraction of sp³-hybridized carbons (Fsp3) is 0.667. The fourth-order valence-corrected chi connectivity index (χ4v) is 2.30. The molecule has 0 aromatic carbocycles. The first kappa shape index (κ1) is 9.18. The molecule has 0 aromatic heterocycles. The van der Waals surface area contributed by atoms with Crippen LogP contribution in [0.5, 0.6) is 0 Å². The number of imide groups is 1. The van der Waals surface area contributed by atoms with Crippen LogP contribution < -0.4 is 0 Å². The zero-order chi connectivity index (χ0) is 10.7.